The molecular weight excluding hydrogens is 407 g/mol. The highest BCUT2D eigenvalue weighted by molar-refractivity contribution is 6.30. The number of carbonyl (C=O) groups is 2. The summed E-state index contributed by atoms with van der Waals surface area (Å²) in [5.41, 5.74) is 1.81. The van der Waals surface area contributed by atoms with Gasteiger partial charge in [-0.2, -0.15) is 0 Å². The molecule has 1 aliphatic rings. The molecule has 0 aliphatic heterocycles. The Morgan fingerprint density at radius 3 is 1.86 bits per heavy atom. The van der Waals surface area contributed by atoms with Crippen molar-refractivity contribution in [3.63, 3.8) is 0 Å². The summed E-state index contributed by atoms with van der Waals surface area (Å²) in [4.78, 5) is 24.9. The number of rotatable bonds is 7. The van der Waals surface area contributed by atoms with Crippen molar-refractivity contribution in [2.45, 2.75) is 39.8 Å². The molecule has 6 heteroatoms. The monoisotopic (exact) mass is 432 g/mol. The molecule has 2 unspecified atom stereocenters. The zero-order valence-electron chi connectivity index (χ0n) is 16.7. The van der Waals surface area contributed by atoms with E-state index in [0.717, 1.165) is 17.5 Å². The highest BCUT2D eigenvalue weighted by atomic mass is 35.5. The second-order valence-corrected chi connectivity index (χ2v) is 9.13. The summed E-state index contributed by atoms with van der Waals surface area (Å²) in [6, 6.07) is 14.9. The van der Waals surface area contributed by atoms with Gasteiger partial charge in [-0.25, -0.2) is 0 Å². The van der Waals surface area contributed by atoms with Crippen LogP contribution in [0.1, 0.15) is 37.8 Å². The second kappa shape index (κ2) is 9.19. The lowest BCUT2D eigenvalue weighted by Gasteiger charge is -2.51. The fourth-order valence-corrected chi connectivity index (χ4v) is 4.07. The Labute approximate surface area is 182 Å². The maximum Gasteiger partial charge on any atom is 0.223 e. The number of carbonyl (C=O) groups excluding carboxylic acids is 2. The second-order valence-electron chi connectivity index (χ2n) is 8.26. The fourth-order valence-electron chi connectivity index (χ4n) is 3.82. The maximum absolute atomic E-state index is 12.6. The summed E-state index contributed by atoms with van der Waals surface area (Å²) in [6.45, 7) is 5.10. The molecule has 0 radical (unpaired) electrons. The van der Waals surface area contributed by atoms with Gasteiger partial charge in [0.1, 0.15) is 0 Å². The van der Waals surface area contributed by atoms with Gasteiger partial charge in [0.05, 0.1) is 0 Å². The molecular formula is C23H26Cl2N2O2. The van der Waals surface area contributed by atoms with Crippen LogP contribution < -0.4 is 10.6 Å². The van der Waals surface area contributed by atoms with Crippen LogP contribution in [0.15, 0.2) is 48.5 Å². The largest absolute Gasteiger partial charge is 0.352 e. The summed E-state index contributed by atoms with van der Waals surface area (Å²) in [6.07, 6.45) is 1.16. The molecule has 154 valence electrons. The molecule has 2 N–H and O–H groups in total. The predicted molar refractivity (Wildman–Crippen MR) is 117 cm³/mol. The molecule has 3 rings (SSSR count). The number of halogens is 2. The van der Waals surface area contributed by atoms with Crippen LogP contribution in [0.4, 0.5) is 0 Å². The van der Waals surface area contributed by atoms with Crippen molar-refractivity contribution in [3.8, 4) is 0 Å². The van der Waals surface area contributed by atoms with E-state index in [0.29, 0.717) is 29.6 Å². The molecule has 0 saturated heterocycles. The minimum atomic E-state index is -0.207. The number of amides is 2. The Balaban J connectivity index is 1.44. The van der Waals surface area contributed by atoms with Gasteiger partial charge in [-0.05, 0) is 53.1 Å². The van der Waals surface area contributed by atoms with Crippen molar-refractivity contribution in [1.29, 1.82) is 0 Å². The van der Waals surface area contributed by atoms with Gasteiger partial charge in [-0.1, -0.05) is 61.3 Å². The van der Waals surface area contributed by atoms with Crippen LogP contribution in [0.2, 0.25) is 10.0 Å². The van der Waals surface area contributed by atoms with Crippen LogP contribution in [-0.2, 0) is 22.7 Å². The van der Waals surface area contributed by atoms with E-state index in [-0.39, 0.29) is 29.1 Å². The summed E-state index contributed by atoms with van der Waals surface area (Å²) >= 11 is 11.8. The first-order chi connectivity index (χ1) is 13.8. The molecule has 1 saturated carbocycles. The standard InChI is InChI=1S/C23H26Cl2N2O2/c1-23(2)17(12-21(28)26-13-15-3-7-18(24)8-4-15)11-20(23)22(29)27-14-16-5-9-19(25)10-6-16/h3-10,17,20H,11-14H2,1-2H3,(H,26,28)(H,27,29). The van der Waals surface area contributed by atoms with Crippen molar-refractivity contribution >= 4 is 35.0 Å². The fraction of sp³-hybridized carbons (Fsp3) is 0.391. The van der Waals surface area contributed by atoms with Crippen LogP contribution in [0.25, 0.3) is 0 Å². The highest BCUT2D eigenvalue weighted by Gasteiger charge is 2.51. The quantitative estimate of drug-likeness (QED) is 0.647. The lowest BCUT2D eigenvalue weighted by atomic mass is 9.53. The van der Waals surface area contributed by atoms with E-state index in [4.69, 9.17) is 23.2 Å². The Kier molecular flexibility index (Phi) is 6.86. The van der Waals surface area contributed by atoms with Crippen molar-refractivity contribution < 1.29 is 9.59 Å². The third kappa shape index (κ3) is 5.52. The van der Waals surface area contributed by atoms with Crippen molar-refractivity contribution in [2.75, 3.05) is 0 Å². The predicted octanol–water partition coefficient (Wildman–Crippen LogP) is 4.98. The van der Waals surface area contributed by atoms with Crippen molar-refractivity contribution in [2.24, 2.45) is 17.3 Å². The molecule has 0 spiro atoms. The SMILES string of the molecule is CC1(C)C(CC(=O)NCc2ccc(Cl)cc2)CC1C(=O)NCc1ccc(Cl)cc1. The third-order valence-corrected chi connectivity index (χ3v) is 6.51. The molecule has 2 aromatic rings. The van der Waals surface area contributed by atoms with E-state index in [1.54, 1.807) is 0 Å². The van der Waals surface area contributed by atoms with Crippen LogP contribution >= 0.6 is 23.2 Å². The Bertz CT molecular complexity index is 863. The summed E-state index contributed by atoms with van der Waals surface area (Å²) in [7, 11) is 0. The molecule has 2 amide bonds. The molecule has 2 aromatic carbocycles. The van der Waals surface area contributed by atoms with Gasteiger partial charge >= 0.3 is 0 Å². The van der Waals surface area contributed by atoms with E-state index in [2.05, 4.69) is 24.5 Å². The lowest BCUT2D eigenvalue weighted by Crippen LogP contribution is -2.53. The Hall–Kier alpha value is -2.04. The number of hydrogen-bond acceptors (Lipinski definition) is 2. The summed E-state index contributed by atoms with van der Waals surface area (Å²) in [5, 5.41) is 7.32. The first kappa shape index (κ1) is 21.7. The molecule has 29 heavy (non-hydrogen) atoms. The normalized spacial score (nSPS) is 19.9. The minimum Gasteiger partial charge on any atom is -0.352 e. The average Bonchev–Trinajstić information content (AvgIpc) is 2.69. The van der Waals surface area contributed by atoms with Crippen LogP contribution in [-0.4, -0.2) is 11.8 Å². The van der Waals surface area contributed by atoms with Gasteiger partial charge in [-0.15, -0.1) is 0 Å². The first-order valence-corrected chi connectivity index (χ1v) is 10.5. The lowest BCUT2D eigenvalue weighted by molar-refractivity contribution is -0.144. The van der Waals surface area contributed by atoms with E-state index in [9.17, 15) is 9.59 Å². The van der Waals surface area contributed by atoms with Crippen LogP contribution in [0.3, 0.4) is 0 Å². The Morgan fingerprint density at radius 1 is 0.897 bits per heavy atom. The van der Waals surface area contributed by atoms with Gasteiger partial charge < -0.3 is 10.6 Å². The maximum atomic E-state index is 12.6. The zero-order chi connectivity index (χ0) is 21.0. The molecule has 0 aromatic heterocycles. The van der Waals surface area contributed by atoms with Gasteiger partial charge in [-0.3, -0.25) is 9.59 Å². The van der Waals surface area contributed by atoms with Crippen LogP contribution in [0, 0.1) is 17.3 Å². The first-order valence-electron chi connectivity index (χ1n) is 9.79. The number of benzene rings is 2. The van der Waals surface area contributed by atoms with Crippen molar-refractivity contribution in [3.05, 3.63) is 69.7 Å². The summed E-state index contributed by atoms with van der Waals surface area (Å²) in [5.74, 6) is 0.170. The van der Waals surface area contributed by atoms with Gasteiger partial charge in [0, 0.05) is 35.5 Å². The molecule has 0 heterocycles. The summed E-state index contributed by atoms with van der Waals surface area (Å²) < 4.78 is 0. The van der Waals surface area contributed by atoms with Gasteiger partial charge in [0.2, 0.25) is 11.8 Å². The molecule has 4 nitrogen and oxygen atoms in total. The van der Waals surface area contributed by atoms with Gasteiger partial charge in [0.25, 0.3) is 0 Å². The van der Waals surface area contributed by atoms with Crippen LogP contribution in [0.5, 0.6) is 0 Å². The van der Waals surface area contributed by atoms with Gasteiger partial charge in [0.15, 0.2) is 0 Å². The molecule has 1 fully saturated rings. The van der Waals surface area contributed by atoms with E-state index >= 15 is 0 Å². The average molecular weight is 433 g/mol. The Morgan fingerprint density at radius 2 is 1.38 bits per heavy atom. The van der Waals surface area contributed by atoms with E-state index < -0.39 is 0 Å². The molecule has 1 aliphatic carbocycles. The zero-order valence-corrected chi connectivity index (χ0v) is 18.2. The number of nitrogens with one attached hydrogen (secondary N) is 2. The molecule has 0 bridgehead atoms. The van der Waals surface area contributed by atoms with Crippen molar-refractivity contribution in [1.82, 2.24) is 10.6 Å². The minimum absolute atomic E-state index is 0.0121. The number of hydrogen-bond donors (Lipinski definition) is 2. The third-order valence-electron chi connectivity index (χ3n) is 6.00. The smallest absolute Gasteiger partial charge is 0.223 e. The highest BCUT2D eigenvalue weighted by Crippen LogP contribution is 2.52. The molecule has 2 atom stereocenters. The van der Waals surface area contributed by atoms with E-state index in [1.165, 1.54) is 0 Å². The topological polar surface area (TPSA) is 58.2 Å². The van der Waals surface area contributed by atoms with E-state index in [1.807, 2.05) is 48.5 Å².